The van der Waals surface area contributed by atoms with E-state index in [1.807, 2.05) is 0 Å². The zero-order valence-corrected chi connectivity index (χ0v) is 13.5. The fourth-order valence-electron chi connectivity index (χ4n) is 3.94. The zero-order valence-electron chi connectivity index (χ0n) is 13.5. The van der Waals surface area contributed by atoms with Crippen molar-refractivity contribution >= 4 is 0 Å². The molecule has 19 heavy (non-hydrogen) atoms. The van der Waals surface area contributed by atoms with E-state index in [0.29, 0.717) is 5.41 Å². The predicted molar refractivity (Wildman–Crippen MR) is 83.5 cm³/mol. The molecule has 0 aromatic heterocycles. The molecule has 0 aromatic carbocycles. The van der Waals surface area contributed by atoms with E-state index in [0.717, 1.165) is 18.1 Å². The first kappa shape index (κ1) is 15.3. The van der Waals surface area contributed by atoms with Gasteiger partial charge in [-0.1, -0.05) is 40.0 Å². The topological polar surface area (TPSA) is 15.3 Å². The van der Waals surface area contributed by atoms with Crippen LogP contribution in [0.4, 0.5) is 0 Å². The van der Waals surface area contributed by atoms with Gasteiger partial charge < -0.3 is 10.2 Å². The van der Waals surface area contributed by atoms with E-state index >= 15 is 0 Å². The van der Waals surface area contributed by atoms with Crippen LogP contribution in [0, 0.1) is 5.41 Å². The van der Waals surface area contributed by atoms with Crippen molar-refractivity contribution in [2.24, 2.45) is 5.41 Å². The molecule has 0 spiro atoms. The molecule has 2 nitrogen and oxygen atoms in total. The third-order valence-electron chi connectivity index (χ3n) is 5.42. The SMILES string of the molecule is CCCCCC(C)(C)CNC1CC2CCC(C1)N2C. The highest BCUT2D eigenvalue weighted by molar-refractivity contribution is 4.96. The molecule has 2 fully saturated rings. The van der Waals surface area contributed by atoms with Crippen LogP contribution in [0.1, 0.15) is 72.1 Å². The van der Waals surface area contributed by atoms with Gasteiger partial charge in [0, 0.05) is 24.7 Å². The van der Waals surface area contributed by atoms with Crippen LogP contribution in [0.5, 0.6) is 0 Å². The van der Waals surface area contributed by atoms with Gasteiger partial charge in [-0.25, -0.2) is 0 Å². The summed E-state index contributed by atoms with van der Waals surface area (Å²) in [6.45, 7) is 8.35. The number of unbranched alkanes of at least 4 members (excludes halogenated alkanes) is 2. The van der Waals surface area contributed by atoms with E-state index in [1.165, 1.54) is 57.9 Å². The monoisotopic (exact) mass is 266 g/mol. The molecule has 0 saturated carbocycles. The Morgan fingerprint density at radius 3 is 2.32 bits per heavy atom. The molecule has 2 heterocycles. The summed E-state index contributed by atoms with van der Waals surface area (Å²) in [5, 5.41) is 3.88. The van der Waals surface area contributed by atoms with Gasteiger partial charge in [-0.05, 0) is 44.6 Å². The van der Waals surface area contributed by atoms with Crippen LogP contribution >= 0.6 is 0 Å². The first-order valence-electron chi connectivity index (χ1n) is 8.47. The summed E-state index contributed by atoms with van der Waals surface area (Å²) in [7, 11) is 2.33. The summed E-state index contributed by atoms with van der Waals surface area (Å²) >= 11 is 0. The van der Waals surface area contributed by atoms with Gasteiger partial charge in [0.05, 0.1) is 0 Å². The van der Waals surface area contributed by atoms with E-state index in [2.05, 4.69) is 38.0 Å². The molecule has 2 unspecified atom stereocenters. The summed E-state index contributed by atoms with van der Waals surface area (Å²) < 4.78 is 0. The Balaban J connectivity index is 1.70. The minimum absolute atomic E-state index is 0.470. The maximum absolute atomic E-state index is 3.88. The minimum Gasteiger partial charge on any atom is -0.313 e. The third-order valence-corrected chi connectivity index (χ3v) is 5.42. The predicted octanol–water partition coefficient (Wildman–Crippen LogP) is 3.81. The molecule has 2 heteroatoms. The van der Waals surface area contributed by atoms with Crippen LogP contribution in [-0.4, -0.2) is 36.6 Å². The summed E-state index contributed by atoms with van der Waals surface area (Å²) in [6, 6.07) is 2.50. The third kappa shape index (κ3) is 4.19. The first-order chi connectivity index (χ1) is 9.02. The molecule has 0 aliphatic carbocycles. The average Bonchev–Trinajstić information content (AvgIpc) is 2.60. The van der Waals surface area contributed by atoms with E-state index < -0.39 is 0 Å². The molecule has 0 aromatic rings. The number of hydrogen-bond acceptors (Lipinski definition) is 2. The molecule has 2 atom stereocenters. The van der Waals surface area contributed by atoms with E-state index in [-0.39, 0.29) is 0 Å². The maximum Gasteiger partial charge on any atom is 0.0111 e. The highest BCUT2D eigenvalue weighted by Crippen LogP contribution is 2.34. The molecule has 2 rings (SSSR count). The van der Waals surface area contributed by atoms with Gasteiger partial charge in [0.15, 0.2) is 0 Å². The standard InChI is InChI=1S/C17H34N2/c1-5-6-7-10-17(2,3)13-18-14-11-15-8-9-16(12-14)19(15)4/h14-16,18H,5-13H2,1-4H3. The maximum atomic E-state index is 3.88. The van der Waals surface area contributed by atoms with Crippen LogP contribution in [-0.2, 0) is 0 Å². The van der Waals surface area contributed by atoms with Crippen molar-refractivity contribution in [3.05, 3.63) is 0 Å². The number of fused-ring (bicyclic) bond motifs is 2. The lowest BCUT2D eigenvalue weighted by Gasteiger charge is -2.38. The lowest BCUT2D eigenvalue weighted by atomic mass is 9.86. The average molecular weight is 266 g/mol. The smallest absolute Gasteiger partial charge is 0.0111 e. The molecule has 2 bridgehead atoms. The van der Waals surface area contributed by atoms with Crippen molar-refractivity contribution in [2.75, 3.05) is 13.6 Å². The molecule has 2 aliphatic rings. The van der Waals surface area contributed by atoms with Gasteiger partial charge in [-0.15, -0.1) is 0 Å². The Hall–Kier alpha value is -0.0800. The second-order valence-electron chi connectivity index (χ2n) is 7.72. The quantitative estimate of drug-likeness (QED) is 0.705. The second-order valence-corrected chi connectivity index (χ2v) is 7.72. The van der Waals surface area contributed by atoms with E-state index in [9.17, 15) is 0 Å². The highest BCUT2D eigenvalue weighted by atomic mass is 15.2. The Labute approximate surface area is 120 Å². The van der Waals surface area contributed by atoms with Gasteiger partial charge in [-0.2, -0.15) is 0 Å². The van der Waals surface area contributed by atoms with Crippen LogP contribution in [0.15, 0.2) is 0 Å². The van der Waals surface area contributed by atoms with Crippen molar-refractivity contribution in [3.8, 4) is 0 Å². The second kappa shape index (κ2) is 6.58. The number of nitrogens with zero attached hydrogens (tertiary/aromatic N) is 1. The van der Waals surface area contributed by atoms with Gasteiger partial charge in [0.25, 0.3) is 0 Å². The van der Waals surface area contributed by atoms with Crippen molar-refractivity contribution < 1.29 is 0 Å². The van der Waals surface area contributed by atoms with Crippen LogP contribution in [0.25, 0.3) is 0 Å². The Morgan fingerprint density at radius 1 is 1.11 bits per heavy atom. The summed E-state index contributed by atoms with van der Waals surface area (Å²) in [6.07, 6.45) is 11.1. The molecule has 1 N–H and O–H groups in total. The molecule has 0 radical (unpaired) electrons. The van der Waals surface area contributed by atoms with Crippen molar-refractivity contribution in [2.45, 2.75) is 90.3 Å². The lowest BCUT2D eigenvalue weighted by Crippen LogP contribution is -2.48. The van der Waals surface area contributed by atoms with Gasteiger partial charge in [0.1, 0.15) is 0 Å². The molecular weight excluding hydrogens is 232 g/mol. The van der Waals surface area contributed by atoms with Crippen molar-refractivity contribution in [3.63, 3.8) is 0 Å². The van der Waals surface area contributed by atoms with Gasteiger partial charge in [-0.3, -0.25) is 0 Å². The number of piperidine rings is 1. The number of rotatable bonds is 7. The highest BCUT2D eigenvalue weighted by Gasteiger charge is 2.38. The van der Waals surface area contributed by atoms with Crippen molar-refractivity contribution in [1.29, 1.82) is 0 Å². The molecule has 2 saturated heterocycles. The largest absolute Gasteiger partial charge is 0.313 e. The number of hydrogen-bond donors (Lipinski definition) is 1. The molecular formula is C17H34N2. The molecule has 2 aliphatic heterocycles. The van der Waals surface area contributed by atoms with Gasteiger partial charge >= 0.3 is 0 Å². The van der Waals surface area contributed by atoms with Crippen LogP contribution in [0.3, 0.4) is 0 Å². The van der Waals surface area contributed by atoms with Gasteiger partial charge in [0.2, 0.25) is 0 Å². The van der Waals surface area contributed by atoms with E-state index in [4.69, 9.17) is 0 Å². The van der Waals surface area contributed by atoms with Crippen LogP contribution in [0.2, 0.25) is 0 Å². The minimum atomic E-state index is 0.470. The summed E-state index contributed by atoms with van der Waals surface area (Å²) in [5.74, 6) is 0. The normalized spacial score (nSPS) is 31.9. The zero-order chi connectivity index (χ0) is 13.9. The van der Waals surface area contributed by atoms with Crippen LogP contribution < -0.4 is 5.32 Å². The Morgan fingerprint density at radius 2 is 1.74 bits per heavy atom. The lowest BCUT2D eigenvalue weighted by molar-refractivity contribution is 0.140. The summed E-state index contributed by atoms with van der Waals surface area (Å²) in [5.41, 5.74) is 0.470. The van der Waals surface area contributed by atoms with E-state index in [1.54, 1.807) is 0 Å². The molecule has 112 valence electrons. The Bertz CT molecular complexity index is 260. The van der Waals surface area contributed by atoms with Crippen molar-refractivity contribution in [1.82, 2.24) is 10.2 Å². The first-order valence-corrected chi connectivity index (χ1v) is 8.47. The Kier molecular flexibility index (Phi) is 5.30. The fraction of sp³-hybridized carbons (Fsp3) is 1.00. The number of nitrogens with one attached hydrogen (secondary N) is 1. The summed E-state index contributed by atoms with van der Waals surface area (Å²) in [4.78, 5) is 2.63. The molecule has 0 amide bonds. The fourth-order valence-corrected chi connectivity index (χ4v) is 3.94.